The number of benzene rings is 3. The minimum absolute atomic E-state index is 0.0496. The Kier molecular flexibility index (Phi) is 8.60. The van der Waals surface area contributed by atoms with Crippen molar-refractivity contribution in [3.8, 4) is 0 Å². The molecule has 0 fully saturated rings. The average molecular weight is 568 g/mol. The average Bonchev–Trinajstić information content (AvgIpc) is 2.82. The third-order valence-corrected chi connectivity index (χ3v) is 6.21. The molecule has 0 aliphatic carbocycles. The Morgan fingerprint density at radius 1 is 0.806 bits per heavy atom. The van der Waals surface area contributed by atoms with Crippen LogP contribution < -0.4 is 21.5 Å². The van der Waals surface area contributed by atoms with E-state index < -0.39 is 11.8 Å². The second-order valence-electron chi connectivity index (χ2n) is 9.15. The van der Waals surface area contributed by atoms with Crippen LogP contribution in [0.15, 0.2) is 71.2 Å². The van der Waals surface area contributed by atoms with Crippen molar-refractivity contribution in [2.75, 3.05) is 5.32 Å². The molecule has 3 rings (SSSR count). The number of aryl methyl sites for hydroxylation is 1. The number of hydrogen-bond donors (Lipinski definition) is 4. The Morgan fingerprint density at radius 3 is 2.06 bits per heavy atom. The zero-order valence-electron chi connectivity index (χ0n) is 20.4. The Labute approximate surface area is 224 Å². The third-order valence-electron chi connectivity index (χ3n) is 5.35. The van der Waals surface area contributed by atoms with Gasteiger partial charge < -0.3 is 5.32 Å². The largest absolute Gasteiger partial charge is 0.322 e. The van der Waals surface area contributed by atoms with E-state index in [1.807, 2.05) is 25.1 Å². The smallest absolute Gasteiger partial charge is 0.269 e. The van der Waals surface area contributed by atoms with E-state index >= 15 is 0 Å². The molecular formula is C27H27BrN4O3S. The predicted octanol–water partition coefficient (Wildman–Crippen LogP) is 5.26. The molecule has 0 radical (unpaired) electrons. The maximum atomic E-state index is 12.5. The first kappa shape index (κ1) is 27.0. The summed E-state index contributed by atoms with van der Waals surface area (Å²) in [5.74, 6) is -1.09. The summed E-state index contributed by atoms with van der Waals surface area (Å²) >= 11 is 8.64. The van der Waals surface area contributed by atoms with Crippen LogP contribution in [0, 0.1) is 6.92 Å². The maximum absolute atomic E-state index is 12.5. The van der Waals surface area contributed by atoms with E-state index in [2.05, 4.69) is 58.2 Å². The van der Waals surface area contributed by atoms with Gasteiger partial charge in [-0.15, -0.1) is 0 Å². The Morgan fingerprint density at radius 2 is 1.44 bits per heavy atom. The molecule has 9 heteroatoms. The van der Waals surface area contributed by atoms with E-state index in [1.165, 1.54) is 0 Å². The van der Waals surface area contributed by atoms with Crippen LogP contribution in [-0.4, -0.2) is 22.8 Å². The monoisotopic (exact) mass is 566 g/mol. The zero-order chi connectivity index (χ0) is 26.5. The molecule has 0 aliphatic heterocycles. The fourth-order valence-electron chi connectivity index (χ4n) is 3.39. The van der Waals surface area contributed by atoms with Crippen LogP contribution in [0.3, 0.4) is 0 Å². The van der Waals surface area contributed by atoms with E-state index in [0.29, 0.717) is 22.4 Å². The van der Waals surface area contributed by atoms with Gasteiger partial charge in [-0.1, -0.05) is 61.0 Å². The van der Waals surface area contributed by atoms with Crippen molar-refractivity contribution in [1.82, 2.24) is 16.2 Å². The molecule has 3 amide bonds. The summed E-state index contributed by atoms with van der Waals surface area (Å²) in [7, 11) is 0. The molecule has 7 nitrogen and oxygen atoms in total. The molecule has 36 heavy (non-hydrogen) atoms. The number of rotatable bonds is 4. The lowest BCUT2D eigenvalue weighted by atomic mass is 9.86. The van der Waals surface area contributed by atoms with Crippen molar-refractivity contribution in [2.45, 2.75) is 33.1 Å². The molecule has 0 spiro atoms. The van der Waals surface area contributed by atoms with Crippen LogP contribution >= 0.6 is 28.1 Å². The van der Waals surface area contributed by atoms with Crippen molar-refractivity contribution >= 4 is 56.7 Å². The van der Waals surface area contributed by atoms with Gasteiger partial charge in [-0.05, 0) is 78.1 Å². The predicted molar refractivity (Wildman–Crippen MR) is 149 cm³/mol. The number of hydrazine groups is 1. The third kappa shape index (κ3) is 6.99. The van der Waals surface area contributed by atoms with Crippen LogP contribution in [0.4, 0.5) is 5.69 Å². The van der Waals surface area contributed by atoms with Gasteiger partial charge in [0, 0.05) is 26.9 Å². The van der Waals surface area contributed by atoms with Crippen LogP contribution in [0.5, 0.6) is 0 Å². The van der Waals surface area contributed by atoms with Gasteiger partial charge in [0.1, 0.15) is 0 Å². The van der Waals surface area contributed by atoms with Crippen LogP contribution in [0.25, 0.3) is 0 Å². The lowest BCUT2D eigenvalue weighted by molar-refractivity contribution is 0.0934. The molecule has 0 atom stereocenters. The number of anilines is 1. The number of carbonyl (C=O) groups excluding carboxylic acids is 3. The fourth-order valence-corrected chi connectivity index (χ4v) is 4.51. The molecule has 0 unspecified atom stereocenters. The zero-order valence-corrected chi connectivity index (χ0v) is 22.8. The minimum atomic E-state index is -0.458. The van der Waals surface area contributed by atoms with Crippen LogP contribution in [0.1, 0.15) is 63.0 Å². The summed E-state index contributed by atoms with van der Waals surface area (Å²) in [6.45, 7) is 8.13. The number of amides is 3. The topological polar surface area (TPSA) is 99.3 Å². The van der Waals surface area contributed by atoms with E-state index in [0.717, 1.165) is 15.6 Å². The molecule has 4 N–H and O–H groups in total. The number of hydrogen-bond acceptors (Lipinski definition) is 4. The molecule has 0 saturated heterocycles. The highest BCUT2D eigenvalue weighted by Gasteiger charge is 2.19. The van der Waals surface area contributed by atoms with Crippen LogP contribution in [-0.2, 0) is 5.41 Å². The van der Waals surface area contributed by atoms with Crippen molar-refractivity contribution in [3.63, 3.8) is 0 Å². The van der Waals surface area contributed by atoms with Crippen molar-refractivity contribution < 1.29 is 14.4 Å². The van der Waals surface area contributed by atoms with Gasteiger partial charge in [-0.3, -0.25) is 30.6 Å². The van der Waals surface area contributed by atoms with Gasteiger partial charge in [0.15, 0.2) is 5.11 Å². The summed E-state index contributed by atoms with van der Waals surface area (Å²) in [5.41, 5.74) is 8.75. The summed E-state index contributed by atoms with van der Waals surface area (Å²) in [5, 5.41) is 5.30. The summed E-state index contributed by atoms with van der Waals surface area (Å²) in [6, 6.07) is 19.0. The highest BCUT2D eigenvalue weighted by atomic mass is 79.9. The summed E-state index contributed by atoms with van der Waals surface area (Å²) < 4.78 is 0.827. The van der Waals surface area contributed by atoms with Gasteiger partial charge in [-0.2, -0.15) is 0 Å². The lowest BCUT2D eigenvalue weighted by Gasteiger charge is -2.21. The molecule has 3 aromatic rings. The number of thiocarbonyl (C=S) groups is 1. The molecule has 0 aliphatic rings. The standard InChI is InChI=1S/C27H27BrN4O3S/c1-16-7-5-6-8-20(16)25(35)29-19-12-9-17(10-13-19)24(34)31-32-26(36)30-23(33)18-11-14-21(22(28)15-18)27(2,3)4/h5-15H,1-4H3,(H,29,35)(H,31,34)(H2,30,32,33,36). The molecular weight excluding hydrogens is 540 g/mol. The first-order chi connectivity index (χ1) is 17.0. The Hall–Kier alpha value is -3.56. The molecule has 0 bridgehead atoms. The van der Waals surface area contributed by atoms with Crippen molar-refractivity contribution in [3.05, 3.63) is 99.0 Å². The Balaban J connectivity index is 1.52. The first-order valence-electron chi connectivity index (χ1n) is 11.1. The summed E-state index contributed by atoms with van der Waals surface area (Å²) in [6.07, 6.45) is 0. The number of halogens is 1. The van der Waals surface area contributed by atoms with E-state index in [1.54, 1.807) is 48.5 Å². The van der Waals surface area contributed by atoms with Gasteiger partial charge in [0.2, 0.25) is 0 Å². The molecule has 0 aromatic heterocycles. The number of nitrogens with one attached hydrogen (secondary N) is 4. The van der Waals surface area contributed by atoms with Crippen molar-refractivity contribution in [2.24, 2.45) is 0 Å². The van der Waals surface area contributed by atoms with E-state index in [4.69, 9.17) is 12.2 Å². The second-order valence-corrected chi connectivity index (χ2v) is 10.4. The highest BCUT2D eigenvalue weighted by Crippen LogP contribution is 2.30. The SMILES string of the molecule is Cc1ccccc1C(=O)Nc1ccc(C(=O)NNC(=S)NC(=O)c2ccc(C(C)(C)C)c(Br)c2)cc1. The molecule has 0 saturated carbocycles. The summed E-state index contributed by atoms with van der Waals surface area (Å²) in [4.78, 5) is 37.4. The van der Waals surface area contributed by atoms with E-state index in [9.17, 15) is 14.4 Å². The Bertz CT molecular complexity index is 1320. The maximum Gasteiger partial charge on any atom is 0.269 e. The quantitative estimate of drug-likeness (QED) is 0.255. The highest BCUT2D eigenvalue weighted by molar-refractivity contribution is 9.10. The number of carbonyl (C=O) groups is 3. The fraction of sp³-hybridized carbons (Fsp3) is 0.185. The van der Waals surface area contributed by atoms with Gasteiger partial charge in [0.25, 0.3) is 17.7 Å². The van der Waals surface area contributed by atoms with Gasteiger partial charge in [0.05, 0.1) is 0 Å². The molecule has 186 valence electrons. The minimum Gasteiger partial charge on any atom is -0.322 e. The first-order valence-corrected chi connectivity index (χ1v) is 12.3. The molecule has 3 aromatic carbocycles. The molecule has 0 heterocycles. The van der Waals surface area contributed by atoms with Gasteiger partial charge in [-0.25, -0.2) is 0 Å². The van der Waals surface area contributed by atoms with Crippen molar-refractivity contribution in [1.29, 1.82) is 0 Å². The van der Waals surface area contributed by atoms with E-state index in [-0.39, 0.29) is 16.4 Å². The normalized spacial score (nSPS) is 10.8. The van der Waals surface area contributed by atoms with Gasteiger partial charge >= 0.3 is 0 Å². The van der Waals surface area contributed by atoms with Crippen LogP contribution in [0.2, 0.25) is 0 Å². The second kappa shape index (κ2) is 11.5. The lowest BCUT2D eigenvalue weighted by Crippen LogP contribution is -2.48.